The monoisotopic (exact) mass is 376 g/mol. The van der Waals surface area contributed by atoms with Crippen LogP contribution in [-0.2, 0) is 9.59 Å². The lowest BCUT2D eigenvalue weighted by Gasteiger charge is -2.10. The molecule has 23 heavy (non-hydrogen) atoms. The highest BCUT2D eigenvalue weighted by atomic mass is 79.9. The van der Waals surface area contributed by atoms with Gasteiger partial charge in [0, 0.05) is 18.7 Å². The maximum atomic E-state index is 12.0. The molecule has 5 heteroatoms. The van der Waals surface area contributed by atoms with Gasteiger partial charge in [-0.1, -0.05) is 59.6 Å². The van der Waals surface area contributed by atoms with E-state index in [1.807, 2.05) is 49.4 Å². The van der Waals surface area contributed by atoms with Gasteiger partial charge in [-0.05, 0) is 29.3 Å². The number of hydrogen-bond acceptors (Lipinski definition) is 2. The van der Waals surface area contributed by atoms with Crippen LogP contribution in [0.3, 0.4) is 0 Å². The highest BCUT2D eigenvalue weighted by Crippen LogP contribution is 2.18. The molecule has 2 rings (SSSR count). The molecular formula is C18H21BrN2O2. The first-order valence-corrected chi connectivity index (χ1v) is 8.72. The molecule has 0 radical (unpaired) electrons. The van der Waals surface area contributed by atoms with Crippen molar-refractivity contribution in [3.63, 3.8) is 0 Å². The zero-order valence-corrected chi connectivity index (χ0v) is 14.7. The summed E-state index contributed by atoms with van der Waals surface area (Å²) in [5.41, 5.74) is 0.768. The normalized spacial score (nSPS) is 11.9. The molecule has 0 spiro atoms. The highest BCUT2D eigenvalue weighted by Gasteiger charge is 2.13. The standard InChI is InChI=1S/C18H21BrN2O2/c1-2-5-16(19)18(23)20-11-10-17(22)21-15-9-8-13-6-3-4-7-14(13)12-15/h3-4,6-9,12,16H,2,5,10-11H2,1H3,(H,20,23)(H,21,22). The topological polar surface area (TPSA) is 58.2 Å². The van der Waals surface area contributed by atoms with Crippen LogP contribution in [0.5, 0.6) is 0 Å². The molecule has 0 saturated carbocycles. The van der Waals surface area contributed by atoms with Crippen molar-refractivity contribution < 1.29 is 9.59 Å². The summed E-state index contributed by atoms with van der Waals surface area (Å²) >= 11 is 3.33. The largest absolute Gasteiger partial charge is 0.355 e. The van der Waals surface area contributed by atoms with E-state index in [2.05, 4.69) is 26.6 Å². The third-order valence-corrected chi connectivity index (χ3v) is 4.38. The van der Waals surface area contributed by atoms with Gasteiger partial charge in [0.2, 0.25) is 11.8 Å². The van der Waals surface area contributed by atoms with Crippen molar-refractivity contribution in [1.82, 2.24) is 5.32 Å². The molecule has 2 amide bonds. The lowest BCUT2D eigenvalue weighted by molar-refractivity contribution is -0.120. The van der Waals surface area contributed by atoms with Crippen molar-refractivity contribution in [1.29, 1.82) is 0 Å². The number of benzene rings is 2. The molecule has 0 aromatic heterocycles. The molecule has 0 aliphatic rings. The van der Waals surface area contributed by atoms with Crippen LogP contribution in [0.15, 0.2) is 42.5 Å². The summed E-state index contributed by atoms with van der Waals surface area (Å²) in [6.07, 6.45) is 1.98. The SMILES string of the molecule is CCCC(Br)C(=O)NCCC(=O)Nc1ccc2ccccc2c1. The third kappa shape index (κ3) is 5.36. The predicted octanol–water partition coefficient (Wildman–Crippen LogP) is 3.85. The number of carbonyl (C=O) groups is 2. The second-order valence-electron chi connectivity index (χ2n) is 5.41. The van der Waals surface area contributed by atoms with E-state index in [4.69, 9.17) is 0 Å². The molecular weight excluding hydrogens is 356 g/mol. The molecule has 2 N–H and O–H groups in total. The van der Waals surface area contributed by atoms with Gasteiger partial charge in [0.25, 0.3) is 0 Å². The number of fused-ring (bicyclic) bond motifs is 1. The number of amides is 2. The molecule has 0 aliphatic carbocycles. The summed E-state index contributed by atoms with van der Waals surface area (Å²) in [6.45, 7) is 2.36. The number of rotatable bonds is 7. The molecule has 122 valence electrons. The Bertz CT molecular complexity index is 688. The zero-order chi connectivity index (χ0) is 16.7. The van der Waals surface area contributed by atoms with Crippen LogP contribution >= 0.6 is 15.9 Å². The molecule has 2 aromatic rings. The van der Waals surface area contributed by atoms with E-state index in [1.54, 1.807) is 0 Å². The molecule has 0 aliphatic heterocycles. The Hall–Kier alpha value is -1.88. The predicted molar refractivity (Wildman–Crippen MR) is 97.8 cm³/mol. The quantitative estimate of drug-likeness (QED) is 0.721. The number of nitrogens with one attached hydrogen (secondary N) is 2. The third-order valence-electron chi connectivity index (χ3n) is 3.51. The lowest BCUT2D eigenvalue weighted by atomic mass is 10.1. The second kappa shape index (κ2) is 8.67. The fraction of sp³-hybridized carbons (Fsp3) is 0.333. The Morgan fingerprint density at radius 2 is 1.87 bits per heavy atom. The van der Waals surface area contributed by atoms with Gasteiger partial charge in [0.05, 0.1) is 4.83 Å². The summed E-state index contributed by atoms with van der Waals surface area (Å²) in [7, 11) is 0. The molecule has 2 aromatic carbocycles. The van der Waals surface area contributed by atoms with Crippen LogP contribution in [-0.4, -0.2) is 23.2 Å². The summed E-state index contributed by atoms with van der Waals surface area (Å²) < 4.78 is 0. The van der Waals surface area contributed by atoms with Gasteiger partial charge < -0.3 is 10.6 Å². The van der Waals surface area contributed by atoms with Crippen molar-refractivity contribution in [2.75, 3.05) is 11.9 Å². The van der Waals surface area contributed by atoms with Crippen molar-refractivity contribution in [2.24, 2.45) is 0 Å². The first-order chi connectivity index (χ1) is 11.1. The van der Waals surface area contributed by atoms with E-state index in [0.29, 0.717) is 6.54 Å². The zero-order valence-electron chi connectivity index (χ0n) is 13.1. The summed E-state index contributed by atoms with van der Waals surface area (Å²) in [5, 5.41) is 7.85. The van der Waals surface area contributed by atoms with E-state index in [9.17, 15) is 9.59 Å². The van der Waals surface area contributed by atoms with Gasteiger partial charge >= 0.3 is 0 Å². The van der Waals surface area contributed by atoms with Gasteiger partial charge in [0.15, 0.2) is 0 Å². The minimum absolute atomic E-state index is 0.0645. The van der Waals surface area contributed by atoms with Crippen molar-refractivity contribution in [3.05, 3.63) is 42.5 Å². The number of carbonyl (C=O) groups excluding carboxylic acids is 2. The van der Waals surface area contributed by atoms with Crippen LogP contribution < -0.4 is 10.6 Å². The molecule has 1 unspecified atom stereocenters. The average Bonchev–Trinajstić information content (AvgIpc) is 2.54. The maximum Gasteiger partial charge on any atom is 0.233 e. The summed E-state index contributed by atoms with van der Waals surface area (Å²) in [6, 6.07) is 13.8. The van der Waals surface area contributed by atoms with E-state index in [-0.39, 0.29) is 23.1 Å². The summed E-state index contributed by atoms with van der Waals surface area (Å²) in [5.74, 6) is -0.174. The Balaban J connectivity index is 1.81. The summed E-state index contributed by atoms with van der Waals surface area (Å²) in [4.78, 5) is 23.5. The van der Waals surface area contributed by atoms with Crippen LogP contribution in [0, 0.1) is 0 Å². The maximum absolute atomic E-state index is 12.0. The number of alkyl halides is 1. The Labute approximate surface area is 144 Å². The van der Waals surface area contributed by atoms with Crippen molar-refractivity contribution in [3.8, 4) is 0 Å². The van der Waals surface area contributed by atoms with Gasteiger partial charge in [-0.25, -0.2) is 0 Å². The smallest absolute Gasteiger partial charge is 0.233 e. The van der Waals surface area contributed by atoms with Crippen LogP contribution in [0.2, 0.25) is 0 Å². The highest BCUT2D eigenvalue weighted by molar-refractivity contribution is 9.10. The minimum atomic E-state index is -0.184. The molecule has 0 bridgehead atoms. The number of hydrogen-bond donors (Lipinski definition) is 2. The fourth-order valence-corrected chi connectivity index (χ4v) is 2.90. The molecule has 0 heterocycles. The molecule has 0 fully saturated rings. The first kappa shape index (κ1) is 17.5. The van der Waals surface area contributed by atoms with Crippen LogP contribution in [0.4, 0.5) is 5.69 Å². The number of halogens is 1. The molecule has 4 nitrogen and oxygen atoms in total. The van der Waals surface area contributed by atoms with Crippen molar-refractivity contribution in [2.45, 2.75) is 31.0 Å². The Kier molecular flexibility index (Phi) is 6.59. The van der Waals surface area contributed by atoms with Gasteiger partial charge in [0.1, 0.15) is 0 Å². The Morgan fingerprint density at radius 1 is 1.13 bits per heavy atom. The van der Waals surface area contributed by atoms with E-state index >= 15 is 0 Å². The van der Waals surface area contributed by atoms with E-state index < -0.39 is 0 Å². The van der Waals surface area contributed by atoms with Crippen LogP contribution in [0.1, 0.15) is 26.2 Å². The minimum Gasteiger partial charge on any atom is -0.355 e. The van der Waals surface area contributed by atoms with Crippen molar-refractivity contribution >= 4 is 44.2 Å². The number of anilines is 1. The van der Waals surface area contributed by atoms with Gasteiger partial charge in [-0.3, -0.25) is 9.59 Å². The van der Waals surface area contributed by atoms with E-state index in [1.165, 1.54) is 0 Å². The fourth-order valence-electron chi connectivity index (χ4n) is 2.29. The van der Waals surface area contributed by atoms with E-state index in [0.717, 1.165) is 29.3 Å². The molecule has 1 atom stereocenters. The molecule has 0 saturated heterocycles. The lowest BCUT2D eigenvalue weighted by Crippen LogP contribution is -2.33. The van der Waals surface area contributed by atoms with Crippen LogP contribution in [0.25, 0.3) is 10.8 Å². The first-order valence-electron chi connectivity index (χ1n) is 7.80. The Morgan fingerprint density at radius 3 is 2.61 bits per heavy atom. The second-order valence-corrected chi connectivity index (χ2v) is 6.51. The van der Waals surface area contributed by atoms with Gasteiger partial charge in [-0.15, -0.1) is 0 Å². The average molecular weight is 377 g/mol. The van der Waals surface area contributed by atoms with Gasteiger partial charge in [-0.2, -0.15) is 0 Å².